The van der Waals surface area contributed by atoms with E-state index in [1.165, 1.54) is 11.6 Å². The van der Waals surface area contributed by atoms with Crippen molar-refractivity contribution in [2.24, 2.45) is 0 Å². The summed E-state index contributed by atoms with van der Waals surface area (Å²) in [6, 6.07) is 17.3. The van der Waals surface area contributed by atoms with Crippen LogP contribution in [0, 0.1) is 0 Å². The van der Waals surface area contributed by atoms with Crippen molar-refractivity contribution in [3.63, 3.8) is 0 Å². The van der Waals surface area contributed by atoms with E-state index >= 15 is 0 Å². The van der Waals surface area contributed by atoms with Crippen LogP contribution in [-0.4, -0.2) is 5.97 Å². The highest BCUT2D eigenvalue weighted by Gasteiger charge is 2.02. The molecule has 0 atom stereocenters. The number of ether oxygens (including phenoxy) is 1. The third-order valence-electron chi connectivity index (χ3n) is 2.98. The average molecular weight is 266 g/mol. The molecule has 0 spiro atoms. The van der Waals surface area contributed by atoms with Crippen LogP contribution in [0.25, 0.3) is 6.08 Å². The van der Waals surface area contributed by atoms with Gasteiger partial charge in [-0.25, -0.2) is 4.79 Å². The van der Waals surface area contributed by atoms with Crippen molar-refractivity contribution < 1.29 is 9.53 Å². The van der Waals surface area contributed by atoms with E-state index in [0.717, 1.165) is 5.56 Å². The van der Waals surface area contributed by atoms with Crippen molar-refractivity contribution in [2.75, 3.05) is 0 Å². The topological polar surface area (TPSA) is 26.3 Å². The molecule has 0 N–H and O–H groups in total. The minimum absolute atomic E-state index is 0.369. The summed E-state index contributed by atoms with van der Waals surface area (Å²) in [6.45, 7) is 4.26. The van der Waals surface area contributed by atoms with Crippen LogP contribution >= 0.6 is 0 Å². The summed E-state index contributed by atoms with van der Waals surface area (Å²) in [5.74, 6) is 0.668. The standard InChI is InChI=1S/C18H18O2/c1-14(2)16-9-11-17(12-10-16)20-18(19)13-8-15-6-4-3-5-7-15/h3-14H,1-2H3. The molecule has 0 unspecified atom stereocenters. The first-order chi connectivity index (χ1) is 9.65. The molecule has 0 aliphatic carbocycles. The van der Waals surface area contributed by atoms with Gasteiger partial charge in [0.1, 0.15) is 5.75 Å². The second-order valence-corrected chi connectivity index (χ2v) is 4.89. The smallest absolute Gasteiger partial charge is 0.336 e. The monoisotopic (exact) mass is 266 g/mol. The van der Waals surface area contributed by atoms with Gasteiger partial charge in [0.25, 0.3) is 0 Å². The average Bonchev–Trinajstić information content (AvgIpc) is 2.47. The van der Waals surface area contributed by atoms with Crippen LogP contribution in [0.5, 0.6) is 5.75 Å². The Morgan fingerprint density at radius 3 is 2.25 bits per heavy atom. The van der Waals surface area contributed by atoms with Crippen molar-refractivity contribution in [3.05, 3.63) is 71.8 Å². The van der Waals surface area contributed by atoms with Gasteiger partial charge in [0.05, 0.1) is 0 Å². The van der Waals surface area contributed by atoms with Gasteiger partial charge in [-0.05, 0) is 35.3 Å². The molecule has 0 aliphatic heterocycles. The lowest BCUT2D eigenvalue weighted by molar-refractivity contribution is -0.128. The molecule has 0 fully saturated rings. The van der Waals surface area contributed by atoms with Gasteiger partial charge in [0.2, 0.25) is 0 Å². The van der Waals surface area contributed by atoms with E-state index in [9.17, 15) is 4.79 Å². The number of esters is 1. The summed E-state index contributed by atoms with van der Waals surface area (Å²) in [5.41, 5.74) is 2.20. The SMILES string of the molecule is CC(C)c1ccc(OC(=O)C=Cc2ccccc2)cc1. The first-order valence-corrected chi connectivity index (χ1v) is 6.70. The molecule has 2 aromatic carbocycles. The zero-order valence-corrected chi connectivity index (χ0v) is 11.7. The molecule has 0 saturated heterocycles. The lowest BCUT2D eigenvalue weighted by Crippen LogP contribution is -2.03. The minimum Gasteiger partial charge on any atom is -0.423 e. The Morgan fingerprint density at radius 1 is 1.00 bits per heavy atom. The molecule has 0 saturated carbocycles. The summed E-state index contributed by atoms with van der Waals surface area (Å²) in [4.78, 5) is 11.7. The highest BCUT2D eigenvalue weighted by atomic mass is 16.5. The van der Waals surface area contributed by atoms with E-state index in [1.807, 2.05) is 54.6 Å². The fourth-order valence-electron chi connectivity index (χ4n) is 1.80. The van der Waals surface area contributed by atoms with Crippen molar-refractivity contribution >= 4 is 12.0 Å². The quantitative estimate of drug-likeness (QED) is 0.465. The predicted molar refractivity (Wildman–Crippen MR) is 81.6 cm³/mol. The maximum atomic E-state index is 11.7. The van der Waals surface area contributed by atoms with E-state index in [0.29, 0.717) is 11.7 Å². The van der Waals surface area contributed by atoms with E-state index in [4.69, 9.17) is 4.74 Å². The van der Waals surface area contributed by atoms with Gasteiger partial charge < -0.3 is 4.74 Å². The van der Waals surface area contributed by atoms with Gasteiger partial charge >= 0.3 is 5.97 Å². The number of hydrogen-bond donors (Lipinski definition) is 0. The van der Waals surface area contributed by atoms with Crippen LogP contribution in [0.2, 0.25) is 0 Å². The molecule has 2 rings (SSSR count). The second-order valence-electron chi connectivity index (χ2n) is 4.89. The van der Waals surface area contributed by atoms with Crippen molar-refractivity contribution in [1.82, 2.24) is 0 Å². The fraction of sp³-hybridized carbons (Fsp3) is 0.167. The van der Waals surface area contributed by atoms with E-state index in [-0.39, 0.29) is 5.97 Å². The number of carbonyl (C=O) groups is 1. The molecule has 0 heterocycles. The lowest BCUT2D eigenvalue weighted by Gasteiger charge is -2.06. The van der Waals surface area contributed by atoms with Crippen LogP contribution in [0.4, 0.5) is 0 Å². The van der Waals surface area contributed by atoms with E-state index in [2.05, 4.69) is 13.8 Å². The van der Waals surface area contributed by atoms with Crippen molar-refractivity contribution in [3.8, 4) is 5.75 Å². The molecule has 102 valence electrons. The zero-order valence-electron chi connectivity index (χ0n) is 11.7. The van der Waals surface area contributed by atoms with Gasteiger partial charge in [-0.15, -0.1) is 0 Å². The van der Waals surface area contributed by atoms with Gasteiger partial charge in [-0.3, -0.25) is 0 Å². The summed E-state index contributed by atoms with van der Waals surface area (Å²) >= 11 is 0. The summed E-state index contributed by atoms with van der Waals surface area (Å²) in [7, 11) is 0. The van der Waals surface area contributed by atoms with Gasteiger partial charge in [0.15, 0.2) is 0 Å². The normalized spacial score (nSPS) is 10.9. The number of rotatable bonds is 4. The first kappa shape index (κ1) is 14.1. The molecule has 2 heteroatoms. The van der Waals surface area contributed by atoms with Gasteiger partial charge in [-0.2, -0.15) is 0 Å². The van der Waals surface area contributed by atoms with E-state index in [1.54, 1.807) is 6.08 Å². The molecular weight excluding hydrogens is 248 g/mol. The largest absolute Gasteiger partial charge is 0.423 e. The number of hydrogen-bond acceptors (Lipinski definition) is 2. The van der Waals surface area contributed by atoms with Gasteiger partial charge in [-0.1, -0.05) is 56.3 Å². The second kappa shape index (κ2) is 6.71. The molecule has 0 bridgehead atoms. The molecule has 0 aliphatic rings. The first-order valence-electron chi connectivity index (χ1n) is 6.70. The maximum Gasteiger partial charge on any atom is 0.336 e. The molecule has 2 aromatic rings. The third kappa shape index (κ3) is 4.09. The summed E-state index contributed by atoms with van der Waals surface area (Å²) in [6.07, 6.45) is 3.18. The molecule has 0 aromatic heterocycles. The van der Waals surface area contributed by atoms with E-state index < -0.39 is 0 Å². The minimum atomic E-state index is -0.369. The molecular formula is C18H18O2. The van der Waals surface area contributed by atoms with Gasteiger partial charge in [0, 0.05) is 6.08 Å². The predicted octanol–water partition coefficient (Wildman–Crippen LogP) is 4.43. The number of benzene rings is 2. The highest BCUT2D eigenvalue weighted by molar-refractivity contribution is 5.88. The van der Waals surface area contributed by atoms with Crippen LogP contribution in [0.15, 0.2) is 60.7 Å². The Kier molecular flexibility index (Phi) is 4.72. The zero-order chi connectivity index (χ0) is 14.4. The Hall–Kier alpha value is -2.35. The molecule has 0 radical (unpaired) electrons. The number of carbonyl (C=O) groups excluding carboxylic acids is 1. The van der Waals surface area contributed by atoms with Crippen molar-refractivity contribution in [1.29, 1.82) is 0 Å². The Labute approximate surface area is 119 Å². The molecule has 0 amide bonds. The van der Waals surface area contributed by atoms with Crippen LogP contribution in [0.3, 0.4) is 0 Å². The Morgan fingerprint density at radius 2 is 1.65 bits per heavy atom. The molecule has 20 heavy (non-hydrogen) atoms. The summed E-state index contributed by atoms with van der Waals surface area (Å²) < 4.78 is 5.25. The third-order valence-corrected chi connectivity index (χ3v) is 2.98. The Bertz CT molecular complexity index is 581. The van der Waals surface area contributed by atoms with Crippen LogP contribution < -0.4 is 4.74 Å². The van der Waals surface area contributed by atoms with Crippen molar-refractivity contribution in [2.45, 2.75) is 19.8 Å². The Balaban J connectivity index is 1.96. The highest BCUT2D eigenvalue weighted by Crippen LogP contribution is 2.18. The fourth-order valence-corrected chi connectivity index (χ4v) is 1.80. The summed E-state index contributed by atoms with van der Waals surface area (Å²) in [5, 5.41) is 0. The maximum absolute atomic E-state index is 11.7. The van der Waals surface area contributed by atoms with Crippen LogP contribution in [0.1, 0.15) is 30.9 Å². The lowest BCUT2D eigenvalue weighted by atomic mass is 10.0. The van der Waals surface area contributed by atoms with Crippen LogP contribution in [-0.2, 0) is 4.79 Å². The molecule has 2 nitrogen and oxygen atoms in total.